The van der Waals surface area contributed by atoms with Crippen LogP contribution in [0.4, 0.5) is 0 Å². The van der Waals surface area contributed by atoms with Gasteiger partial charge in [0.2, 0.25) is 10.0 Å². The second-order valence-corrected chi connectivity index (χ2v) is 6.69. The Hall–Kier alpha value is -1.11. The Labute approximate surface area is 117 Å². The van der Waals surface area contributed by atoms with Gasteiger partial charge in [0, 0.05) is 6.04 Å². The van der Waals surface area contributed by atoms with Crippen LogP contribution in [0.25, 0.3) is 0 Å². The third kappa shape index (κ3) is 3.92. The molecule has 1 unspecified atom stereocenters. The summed E-state index contributed by atoms with van der Waals surface area (Å²) >= 11 is 5.84. The van der Waals surface area contributed by atoms with Gasteiger partial charge >= 0.3 is 5.97 Å². The van der Waals surface area contributed by atoms with Crippen LogP contribution in [0.5, 0.6) is 0 Å². The third-order valence-corrected chi connectivity index (χ3v) is 4.85. The van der Waals surface area contributed by atoms with Crippen LogP contribution < -0.4 is 4.72 Å². The van der Waals surface area contributed by atoms with Crippen LogP contribution in [0, 0.1) is 5.92 Å². The Morgan fingerprint density at radius 1 is 1.32 bits per heavy atom. The fourth-order valence-corrected chi connectivity index (χ4v) is 3.20. The number of benzene rings is 1. The lowest BCUT2D eigenvalue weighted by atomic mass is 10.1. The molecule has 0 aromatic heterocycles. The van der Waals surface area contributed by atoms with E-state index in [1.165, 1.54) is 12.1 Å². The van der Waals surface area contributed by atoms with E-state index < -0.39 is 16.0 Å². The number of hydrogen-bond donors (Lipinski definition) is 2. The maximum Gasteiger partial charge on any atom is 0.335 e. The fourth-order valence-electron chi connectivity index (χ4n) is 1.29. The number of carboxylic acids is 1. The summed E-state index contributed by atoms with van der Waals surface area (Å²) in [5, 5.41) is 8.87. The van der Waals surface area contributed by atoms with Gasteiger partial charge in [-0.1, -0.05) is 25.4 Å². The number of carbonyl (C=O) groups is 1. The highest BCUT2D eigenvalue weighted by Gasteiger charge is 2.23. The molecule has 0 aliphatic rings. The molecule has 0 spiro atoms. The first-order valence-electron chi connectivity index (χ1n) is 5.70. The molecule has 1 aromatic carbocycles. The van der Waals surface area contributed by atoms with E-state index in [4.69, 9.17) is 16.7 Å². The first-order chi connectivity index (χ1) is 8.65. The van der Waals surface area contributed by atoms with E-state index in [-0.39, 0.29) is 27.4 Å². The lowest BCUT2D eigenvalue weighted by molar-refractivity contribution is 0.0696. The monoisotopic (exact) mass is 305 g/mol. The van der Waals surface area contributed by atoms with Gasteiger partial charge in [-0.3, -0.25) is 0 Å². The Morgan fingerprint density at radius 3 is 2.37 bits per heavy atom. The van der Waals surface area contributed by atoms with Crippen LogP contribution >= 0.6 is 11.6 Å². The summed E-state index contributed by atoms with van der Waals surface area (Å²) in [5.74, 6) is -1.10. The standard InChI is InChI=1S/C12H16ClNO4S/c1-7(2)8(3)14-19(17,18)11-6-9(12(15)16)4-5-10(11)13/h4-8,14H,1-3H3,(H,15,16). The summed E-state index contributed by atoms with van der Waals surface area (Å²) in [5.41, 5.74) is -0.123. The smallest absolute Gasteiger partial charge is 0.335 e. The average Bonchev–Trinajstić information content (AvgIpc) is 2.28. The number of rotatable bonds is 5. The van der Waals surface area contributed by atoms with Gasteiger partial charge in [-0.15, -0.1) is 0 Å². The Bertz CT molecular complexity index is 583. The molecule has 0 amide bonds. The molecule has 1 rings (SSSR count). The van der Waals surface area contributed by atoms with Crippen LogP contribution in [0.2, 0.25) is 5.02 Å². The lowest BCUT2D eigenvalue weighted by Gasteiger charge is -2.18. The second kappa shape index (κ2) is 5.90. The minimum atomic E-state index is -3.84. The van der Waals surface area contributed by atoms with Crippen molar-refractivity contribution in [2.75, 3.05) is 0 Å². The van der Waals surface area contributed by atoms with Crippen molar-refractivity contribution in [1.82, 2.24) is 4.72 Å². The van der Waals surface area contributed by atoms with Crippen molar-refractivity contribution in [2.45, 2.75) is 31.7 Å². The molecule has 0 bridgehead atoms. The maximum absolute atomic E-state index is 12.2. The molecule has 106 valence electrons. The highest BCUT2D eigenvalue weighted by atomic mass is 35.5. The molecule has 1 aromatic rings. The summed E-state index contributed by atoms with van der Waals surface area (Å²) < 4.78 is 26.8. The number of nitrogens with one attached hydrogen (secondary N) is 1. The fraction of sp³-hybridized carbons (Fsp3) is 0.417. The van der Waals surface area contributed by atoms with E-state index in [2.05, 4.69) is 4.72 Å². The van der Waals surface area contributed by atoms with Gasteiger partial charge in [0.15, 0.2) is 0 Å². The highest BCUT2D eigenvalue weighted by Crippen LogP contribution is 2.23. The minimum Gasteiger partial charge on any atom is -0.478 e. The number of halogens is 1. The molecule has 0 saturated heterocycles. The molecule has 5 nitrogen and oxygen atoms in total. The van der Waals surface area contributed by atoms with Crippen molar-refractivity contribution in [3.05, 3.63) is 28.8 Å². The van der Waals surface area contributed by atoms with E-state index in [9.17, 15) is 13.2 Å². The summed E-state index contributed by atoms with van der Waals surface area (Å²) in [6, 6.07) is 3.30. The van der Waals surface area contributed by atoms with Gasteiger partial charge in [0.25, 0.3) is 0 Å². The molecule has 2 N–H and O–H groups in total. The van der Waals surface area contributed by atoms with Crippen molar-refractivity contribution < 1.29 is 18.3 Å². The van der Waals surface area contributed by atoms with E-state index in [0.717, 1.165) is 6.07 Å². The van der Waals surface area contributed by atoms with Crippen LogP contribution in [0.1, 0.15) is 31.1 Å². The molecule has 0 aliphatic carbocycles. The highest BCUT2D eigenvalue weighted by molar-refractivity contribution is 7.89. The van der Waals surface area contributed by atoms with Crippen molar-refractivity contribution in [2.24, 2.45) is 5.92 Å². The van der Waals surface area contributed by atoms with Crippen LogP contribution in [0.15, 0.2) is 23.1 Å². The number of aromatic carboxylic acids is 1. The molecular weight excluding hydrogens is 290 g/mol. The predicted molar refractivity (Wildman–Crippen MR) is 73.0 cm³/mol. The maximum atomic E-state index is 12.2. The Morgan fingerprint density at radius 2 is 1.89 bits per heavy atom. The topological polar surface area (TPSA) is 83.5 Å². The zero-order valence-electron chi connectivity index (χ0n) is 10.8. The van der Waals surface area contributed by atoms with Gasteiger partial charge in [0.1, 0.15) is 4.90 Å². The number of carboxylic acid groups (broad SMARTS) is 1. The van der Waals surface area contributed by atoms with Gasteiger partial charge in [-0.2, -0.15) is 0 Å². The normalized spacial score (nSPS) is 13.5. The minimum absolute atomic E-state index is 0.00606. The van der Waals surface area contributed by atoms with E-state index in [1.54, 1.807) is 6.92 Å². The zero-order chi connectivity index (χ0) is 14.8. The van der Waals surface area contributed by atoms with Gasteiger partial charge < -0.3 is 5.11 Å². The van der Waals surface area contributed by atoms with Crippen LogP contribution in [-0.4, -0.2) is 25.5 Å². The first-order valence-corrected chi connectivity index (χ1v) is 7.56. The van der Waals surface area contributed by atoms with Gasteiger partial charge in [-0.25, -0.2) is 17.9 Å². The van der Waals surface area contributed by atoms with E-state index in [0.29, 0.717) is 0 Å². The summed E-state index contributed by atoms with van der Waals surface area (Å²) in [4.78, 5) is 10.6. The summed E-state index contributed by atoms with van der Waals surface area (Å²) in [6.45, 7) is 5.49. The first kappa shape index (κ1) is 15.9. The molecule has 19 heavy (non-hydrogen) atoms. The average molecular weight is 306 g/mol. The molecule has 0 heterocycles. The summed E-state index contributed by atoms with van der Waals surface area (Å²) in [7, 11) is -3.84. The third-order valence-electron chi connectivity index (χ3n) is 2.81. The molecule has 1 atom stereocenters. The molecule has 0 aliphatic heterocycles. The number of hydrogen-bond acceptors (Lipinski definition) is 3. The number of sulfonamides is 1. The zero-order valence-corrected chi connectivity index (χ0v) is 12.4. The Balaban J connectivity index is 3.21. The molecule has 7 heteroatoms. The SMILES string of the molecule is CC(C)C(C)NS(=O)(=O)c1cc(C(=O)O)ccc1Cl. The van der Waals surface area contributed by atoms with Crippen molar-refractivity contribution >= 4 is 27.6 Å². The van der Waals surface area contributed by atoms with E-state index in [1.807, 2.05) is 13.8 Å². The molecular formula is C12H16ClNO4S. The predicted octanol–water partition coefficient (Wildman–Crippen LogP) is 2.36. The lowest BCUT2D eigenvalue weighted by Crippen LogP contribution is -2.36. The molecule has 0 fully saturated rings. The second-order valence-electron chi connectivity index (χ2n) is 4.60. The van der Waals surface area contributed by atoms with Gasteiger partial charge in [-0.05, 0) is 31.0 Å². The van der Waals surface area contributed by atoms with Crippen molar-refractivity contribution in [3.63, 3.8) is 0 Å². The quantitative estimate of drug-likeness (QED) is 0.874. The molecule has 0 radical (unpaired) electrons. The molecule has 0 saturated carbocycles. The van der Waals surface area contributed by atoms with E-state index >= 15 is 0 Å². The Kier molecular flexibility index (Phi) is 4.95. The van der Waals surface area contributed by atoms with Crippen LogP contribution in [0.3, 0.4) is 0 Å². The van der Waals surface area contributed by atoms with Crippen LogP contribution in [-0.2, 0) is 10.0 Å². The van der Waals surface area contributed by atoms with Gasteiger partial charge in [0.05, 0.1) is 10.6 Å². The summed E-state index contributed by atoms with van der Waals surface area (Å²) in [6.07, 6.45) is 0. The van der Waals surface area contributed by atoms with Crippen molar-refractivity contribution in [3.8, 4) is 0 Å². The largest absolute Gasteiger partial charge is 0.478 e. The van der Waals surface area contributed by atoms with Crippen molar-refractivity contribution in [1.29, 1.82) is 0 Å².